The lowest BCUT2D eigenvalue weighted by molar-refractivity contribution is -0.141. The number of aliphatic hydroxyl groups is 1. The molecule has 8 atom stereocenters. The summed E-state index contributed by atoms with van der Waals surface area (Å²) in [5.74, 6) is 3.74. The molecule has 0 radical (unpaired) electrons. The third kappa shape index (κ3) is 3.16. The van der Waals surface area contributed by atoms with Crippen LogP contribution in [0, 0.1) is 40.4 Å². The van der Waals surface area contributed by atoms with Crippen LogP contribution in [0.15, 0.2) is 11.6 Å². The number of esters is 1. The molecule has 4 aliphatic carbocycles. The van der Waals surface area contributed by atoms with Crippen LogP contribution in [0.4, 0.5) is 0 Å². The number of fused-ring (bicyclic) bond motifs is 5. The van der Waals surface area contributed by atoms with Gasteiger partial charge in [-0.05, 0) is 98.2 Å². The fraction of sp³-hybridized carbons (Fsp3) is 0.880. The molecule has 1 N–H and O–H groups in total. The van der Waals surface area contributed by atoms with Crippen molar-refractivity contribution in [3.63, 3.8) is 0 Å². The quantitative estimate of drug-likeness (QED) is 0.510. The second-order valence-corrected chi connectivity index (χ2v) is 11.0. The van der Waals surface area contributed by atoms with Crippen molar-refractivity contribution >= 4 is 5.97 Å². The van der Waals surface area contributed by atoms with E-state index in [4.69, 9.17) is 4.74 Å². The summed E-state index contributed by atoms with van der Waals surface area (Å²) in [6.45, 7) is 7.46. The van der Waals surface area contributed by atoms with E-state index in [9.17, 15) is 9.90 Å². The van der Waals surface area contributed by atoms with Crippen molar-refractivity contribution in [3.05, 3.63) is 11.6 Å². The van der Waals surface area contributed by atoms with E-state index in [0.29, 0.717) is 23.2 Å². The lowest BCUT2D eigenvalue weighted by atomic mass is 9.47. The van der Waals surface area contributed by atoms with Crippen molar-refractivity contribution in [2.75, 3.05) is 7.11 Å². The largest absolute Gasteiger partial charge is 0.469 e. The van der Waals surface area contributed by atoms with E-state index in [0.717, 1.165) is 42.9 Å². The normalized spacial score (nSPS) is 46.0. The molecule has 4 rings (SSSR count). The monoisotopic (exact) mass is 388 g/mol. The summed E-state index contributed by atoms with van der Waals surface area (Å²) in [6, 6.07) is 0. The lowest BCUT2D eigenvalue weighted by Crippen LogP contribution is -2.50. The zero-order valence-electron chi connectivity index (χ0n) is 18.4. The number of rotatable bonds is 4. The predicted molar refractivity (Wildman–Crippen MR) is 112 cm³/mol. The minimum absolute atomic E-state index is 0.0624. The maximum Gasteiger partial charge on any atom is 0.305 e. The average molecular weight is 389 g/mol. The molecule has 4 aliphatic rings. The van der Waals surface area contributed by atoms with Crippen LogP contribution in [0.5, 0.6) is 0 Å². The van der Waals surface area contributed by atoms with Gasteiger partial charge in [-0.15, -0.1) is 0 Å². The molecule has 0 aromatic carbocycles. The lowest BCUT2D eigenvalue weighted by Gasteiger charge is -2.58. The first-order valence-electron chi connectivity index (χ1n) is 11.7. The summed E-state index contributed by atoms with van der Waals surface area (Å²) in [6.07, 6.45) is 13.6. The van der Waals surface area contributed by atoms with Crippen molar-refractivity contribution in [2.24, 2.45) is 40.4 Å². The fourth-order valence-electron chi connectivity index (χ4n) is 8.27. The highest BCUT2D eigenvalue weighted by atomic mass is 16.5. The van der Waals surface area contributed by atoms with Crippen LogP contribution in [0.3, 0.4) is 0 Å². The van der Waals surface area contributed by atoms with Crippen molar-refractivity contribution < 1.29 is 14.6 Å². The Kier molecular flexibility index (Phi) is 5.44. The van der Waals surface area contributed by atoms with Gasteiger partial charge in [0, 0.05) is 6.42 Å². The molecule has 0 spiro atoms. The predicted octanol–water partition coefficient (Wildman–Crippen LogP) is 5.52. The Morgan fingerprint density at radius 1 is 1.21 bits per heavy atom. The van der Waals surface area contributed by atoms with E-state index in [1.807, 2.05) is 0 Å². The van der Waals surface area contributed by atoms with Crippen LogP contribution in [-0.2, 0) is 9.53 Å². The number of methoxy groups -OCH3 is 1. The maximum absolute atomic E-state index is 11.6. The van der Waals surface area contributed by atoms with E-state index in [1.54, 1.807) is 5.57 Å². The van der Waals surface area contributed by atoms with E-state index >= 15 is 0 Å². The summed E-state index contributed by atoms with van der Waals surface area (Å²) in [7, 11) is 1.50. The third-order valence-corrected chi connectivity index (χ3v) is 9.87. The molecule has 0 saturated heterocycles. The molecule has 3 heteroatoms. The Labute approximate surface area is 171 Å². The Bertz CT molecular complexity index is 640. The van der Waals surface area contributed by atoms with Crippen molar-refractivity contribution in [1.29, 1.82) is 0 Å². The van der Waals surface area contributed by atoms with Crippen molar-refractivity contribution in [2.45, 2.75) is 91.1 Å². The Morgan fingerprint density at radius 2 is 2.00 bits per heavy atom. The first kappa shape index (κ1) is 20.4. The highest BCUT2D eigenvalue weighted by molar-refractivity contribution is 5.69. The maximum atomic E-state index is 11.6. The van der Waals surface area contributed by atoms with E-state index in [1.165, 1.54) is 45.6 Å². The molecular weight excluding hydrogens is 348 g/mol. The van der Waals surface area contributed by atoms with E-state index in [-0.39, 0.29) is 12.1 Å². The molecule has 158 valence electrons. The number of carbonyl (C=O) groups is 1. The summed E-state index contributed by atoms with van der Waals surface area (Å²) in [4.78, 5) is 11.6. The first-order chi connectivity index (χ1) is 13.3. The SMILES string of the molecule is COC(=O)CC[C@@H](C)[C@H]1CCC2[C@@H]3CC=C4C[C@@H](O)CC[C@]4(C)[C@H]3CC[C@@]21C. The number of hydrogen-bond acceptors (Lipinski definition) is 3. The molecule has 0 heterocycles. The van der Waals surface area contributed by atoms with Gasteiger partial charge in [0.15, 0.2) is 0 Å². The van der Waals surface area contributed by atoms with Crippen LogP contribution in [-0.4, -0.2) is 24.3 Å². The Hall–Kier alpha value is -0.830. The molecule has 28 heavy (non-hydrogen) atoms. The summed E-state index contributed by atoms with van der Waals surface area (Å²) >= 11 is 0. The van der Waals surface area contributed by atoms with Crippen LogP contribution in [0.1, 0.15) is 85.0 Å². The van der Waals surface area contributed by atoms with Crippen LogP contribution >= 0.6 is 0 Å². The van der Waals surface area contributed by atoms with E-state index in [2.05, 4.69) is 26.8 Å². The number of ether oxygens (including phenoxy) is 1. The molecule has 0 aromatic rings. The molecule has 3 saturated carbocycles. The highest BCUT2D eigenvalue weighted by Gasteiger charge is 2.59. The van der Waals surface area contributed by atoms with E-state index < -0.39 is 0 Å². The standard InChI is InChI=1S/C25H40O3/c1-16(5-10-23(27)28-4)20-8-9-21-19-7-6-17-15-18(26)11-13-24(17,2)22(19)12-14-25(20,21)3/h6,16,18-22,26H,5,7-15H2,1-4H3/t16-,18+,19+,20-,21?,22+,24+,25-/m1/s1. The van der Waals surface area contributed by atoms with Gasteiger partial charge in [-0.2, -0.15) is 0 Å². The Morgan fingerprint density at radius 3 is 2.75 bits per heavy atom. The second-order valence-electron chi connectivity index (χ2n) is 11.0. The van der Waals surface area contributed by atoms with Gasteiger partial charge >= 0.3 is 5.97 Å². The zero-order valence-corrected chi connectivity index (χ0v) is 18.4. The number of hydrogen-bond donors (Lipinski definition) is 1. The molecule has 1 unspecified atom stereocenters. The molecule has 3 fully saturated rings. The van der Waals surface area contributed by atoms with Crippen LogP contribution in [0.25, 0.3) is 0 Å². The Balaban J connectivity index is 1.51. The summed E-state index contributed by atoms with van der Waals surface area (Å²) < 4.78 is 4.87. The van der Waals surface area contributed by atoms with Gasteiger partial charge in [-0.1, -0.05) is 32.4 Å². The summed E-state index contributed by atoms with van der Waals surface area (Å²) in [5, 5.41) is 10.2. The second kappa shape index (κ2) is 7.45. The molecule has 0 amide bonds. The molecule has 3 nitrogen and oxygen atoms in total. The first-order valence-corrected chi connectivity index (χ1v) is 11.7. The van der Waals surface area contributed by atoms with Crippen LogP contribution < -0.4 is 0 Å². The van der Waals surface area contributed by atoms with Crippen molar-refractivity contribution in [1.82, 2.24) is 0 Å². The van der Waals surface area contributed by atoms with Gasteiger partial charge in [-0.3, -0.25) is 4.79 Å². The van der Waals surface area contributed by atoms with Gasteiger partial charge in [0.25, 0.3) is 0 Å². The molecule has 0 aromatic heterocycles. The van der Waals surface area contributed by atoms with Gasteiger partial charge < -0.3 is 9.84 Å². The molecule has 0 bridgehead atoms. The number of aliphatic hydroxyl groups excluding tert-OH is 1. The van der Waals surface area contributed by atoms with Gasteiger partial charge in [0.1, 0.15) is 0 Å². The summed E-state index contributed by atoms with van der Waals surface area (Å²) in [5.41, 5.74) is 2.34. The van der Waals surface area contributed by atoms with Crippen LogP contribution in [0.2, 0.25) is 0 Å². The number of allylic oxidation sites excluding steroid dienone is 1. The zero-order chi connectivity index (χ0) is 20.1. The van der Waals surface area contributed by atoms with Gasteiger partial charge in [0.2, 0.25) is 0 Å². The smallest absolute Gasteiger partial charge is 0.305 e. The highest BCUT2D eigenvalue weighted by Crippen LogP contribution is 2.67. The topological polar surface area (TPSA) is 46.5 Å². The molecule has 0 aliphatic heterocycles. The minimum atomic E-state index is -0.115. The number of carbonyl (C=O) groups excluding carboxylic acids is 1. The third-order valence-electron chi connectivity index (χ3n) is 9.87. The molecular formula is C25H40O3. The van der Waals surface area contributed by atoms with Gasteiger partial charge in [-0.25, -0.2) is 0 Å². The minimum Gasteiger partial charge on any atom is -0.469 e. The average Bonchev–Trinajstić information content (AvgIpc) is 3.03. The van der Waals surface area contributed by atoms with Gasteiger partial charge in [0.05, 0.1) is 13.2 Å². The van der Waals surface area contributed by atoms with Crippen molar-refractivity contribution in [3.8, 4) is 0 Å². The fourth-order valence-corrected chi connectivity index (χ4v) is 8.27.